The number of rotatable bonds is 7. The van der Waals surface area contributed by atoms with E-state index in [0.29, 0.717) is 49.6 Å². The highest BCUT2D eigenvalue weighted by atomic mass is 32.2. The lowest BCUT2D eigenvalue weighted by atomic mass is 10.1. The van der Waals surface area contributed by atoms with E-state index in [1.165, 1.54) is 0 Å². The lowest BCUT2D eigenvalue weighted by molar-refractivity contribution is 0.183. The second kappa shape index (κ2) is 9.46. The van der Waals surface area contributed by atoms with Gasteiger partial charge in [0.15, 0.2) is 11.5 Å². The molecule has 0 saturated carbocycles. The quantitative estimate of drug-likeness (QED) is 0.506. The van der Waals surface area contributed by atoms with Crippen molar-refractivity contribution in [1.29, 1.82) is 0 Å². The summed E-state index contributed by atoms with van der Waals surface area (Å²) in [7, 11) is 1.82. The topological polar surface area (TPSA) is 81.1 Å². The monoisotopic (exact) mass is 491 g/mol. The predicted octanol–water partition coefficient (Wildman–Crippen LogP) is 2.75. The fraction of sp³-hybridized carbons (Fsp3) is 0.435. The van der Waals surface area contributed by atoms with Crippen molar-refractivity contribution in [1.82, 2.24) is 13.8 Å². The normalized spacial score (nSPS) is 15.8. The number of ether oxygens (including phenoxy) is 2. The van der Waals surface area contributed by atoms with E-state index in [1.807, 2.05) is 30.5 Å². The molecule has 10 heteroatoms. The molecule has 3 heterocycles. The number of methoxy groups -OCH3 is 2. The summed E-state index contributed by atoms with van der Waals surface area (Å²) in [5.41, 5.74) is 1.87. The van der Waals surface area contributed by atoms with Crippen LogP contribution >= 0.6 is 11.3 Å². The zero-order chi connectivity index (χ0) is 23.8. The number of sulfonamides is 1. The summed E-state index contributed by atoms with van der Waals surface area (Å²) < 4.78 is 39.2. The molecule has 1 saturated heterocycles. The minimum Gasteiger partial charge on any atom is -0.493 e. The molecule has 0 aliphatic carbocycles. The molecule has 1 aromatic carbocycles. The molecule has 8 nitrogen and oxygen atoms in total. The van der Waals surface area contributed by atoms with Gasteiger partial charge >= 0.3 is 0 Å². The van der Waals surface area contributed by atoms with Crippen LogP contribution in [0.3, 0.4) is 0 Å². The van der Waals surface area contributed by atoms with Crippen molar-refractivity contribution in [3.8, 4) is 22.6 Å². The molecule has 178 valence electrons. The Morgan fingerprint density at radius 3 is 2.36 bits per heavy atom. The van der Waals surface area contributed by atoms with Crippen LogP contribution in [0.2, 0.25) is 0 Å². The molecule has 0 atom stereocenters. The van der Waals surface area contributed by atoms with Gasteiger partial charge in [0, 0.05) is 61.1 Å². The number of nitrogens with zero attached hydrogens (tertiary/aromatic N) is 3. The molecule has 33 heavy (non-hydrogen) atoms. The Bertz CT molecular complexity index is 1320. The van der Waals surface area contributed by atoms with Crippen molar-refractivity contribution in [3.05, 3.63) is 45.7 Å². The fourth-order valence-corrected chi connectivity index (χ4v) is 6.47. The van der Waals surface area contributed by atoms with Crippen LogP contribution in [0.1, 0.15) is 11.8 Å². The van der Waals surface area contributed by atoms with Crippen molar-refractivity contribution >= 4 is 31.4 Å². The third-order valence-electron chi connectivity index (χ3n) is 6.06. The van der Waals surface area contributed by atoms with E-state index in [0.717, 1.165) is 20.7 Å². The van der Waals surface area contributed by atoms with Crippen LogP contribution in [0.15, 0.2) is 35.3 Å². The lowest BCUT2D eigenvalue weighted by Crippen LogP contribution is -2.48. The van der Waals surface area contributed by atoms with Crippen LogP contribution in [0, 0.1) is 0 Å². The predicted molar refractivity (Wildman–Crippen MR) is 132 cm³/mol. The Kier molecular flexibility index (Phi) is 6.81. The first kappa shape index (κ1) is 23.7. The van der Waals surface area contributed by atoms with E-state index in [2.05, 4.69) is 4.90 Å². The van der Waals surface area contributed by atoms with Gasteiger partial charge in [-0.1, -0.05) is 6.07 Å². The zero-order valence-electron chi connectivity index (χ0n) is 19.3. The molecular weight excluding hydrogens is 462 g/mol. The van der Waals surface area contributed by atoms with E-state index in [9.17, 15) is 13.2 Å². The number of hydrogen-bond acceptors (Lipinski definition) is 7. The largest absolute Gasteiger partial charge is 0.493 e. The second-order valence-corrected chi connectivity index (χ2v) is 11.5. The van der Waals surface area contributed by atoms with E-state index in [1.54, 1.807) is 48.4 Å². The molecule has 0 N–H and O–H groups in total. The van der Waals surface area contributed by atoms with E-state index in [-0.39, 0.29) is 11.3 Å². The molecule has 1 fully saturated rings. The minimum atomic E-state index is -3.15. The minimum absolute atomic E-state index is 0.0319. The van der Waals surface area contributed by atoms with Gasteiger partial charge in [0.1, 0.15) is 0 Å². The average molecular weight is 492 g/mol. The Hall–Kier alpha value is -2.40. The average Bonchev–Trinajstić information content (AvgIpc) is 3.25. The zero-order valence-corrected chi connectivity index (χ0v) is 21.0. The summed E-state index contributed by atoms with van der Waals surface area (Å²) in [6, 6.07) is 7.73. The summed E-state index contributed by atoms with van der Waals surface area (Å²) in [5.74, 6) is 1.41. The van der Waals surface area contributed by atoms with Crippen LogP contribution in [0.5, 0.6) is 11.5 Å². The summed E-state index contributed by atoms with van der Waals surface area (Å²) in [5, 5.41) is 0.692. The lowest BCUT2D eigenvalue weighted by Gasteiger charge is -2.33. The number of hydrogen-bond donors (Lipinski definition) is 0. The maximum Gasteiger partial charge on any atom is 0.259 e. The highest BCUT2D eigenvalue weighted by Crippen LogP contribution is 2.37. The number of aryl methyl sites for hydroxylation is 1. The number of aromatic nitrogens is 1. The number of fused-ring (bicyclic) bond motifs is 1. The molecular formula is C23H29N3O5S2. The van der Waals surface area contributed by atoms with Crippen molar-refractivity contribution in [2.24, 2.45) is 7.05 Å². The van der Waals surface area contributed by atoms with Crippen molar-refractivity contribution in [3.63, 3.8) is 0 Å². The van der Waals surface area contributed by atoms with Gasteiger partial charge in [0.05, 0.1) is 25.4 Å². The van der Waals surface area contributed by atoms with Gasteiger partial charge < -0.3 is 14.0 Å². The standard InChI is InChI=1S/C23H29N3O5S2/c1-5-33(28,29)26-10-8-25(9-11-26)14-17-13-18-22(32-17)19(15-24(2)23(18)27)16-6-7-20(30-3)21(12-16)31-4/h6-7,12-13,15H,5,8-11,14H2,1-4H3. The van der Waals surface area contributed by atoms with E-state index < -0.39 is 10.0 Å². The molecule has 4 rings (SSSR count). The molecule has 0 bridgehead atoms. The molecule has 1 aliphatic rings. The summed E-state index contributed by atoms with van der Waals surface area (Å²) in [6.45, 7) is 4.71. The molecule has 0 unspecified atom stereocenters. The van der Waals surface area contributed by atoms with E-state index in [4.69, 9.17) is 9.47 Å². The Balaban J connectivity index is 1.64. The molecule has 0 spiro atoms. The maximum atomic E-state index is 12.9. The molecule has 3 aromatic rings. The third-order valence-corrected chi connectivity index (χ3v) is 9.10. The van der Waals surface area contributed by atoms with Crippen LogP contribution in [-0.2, 0) is 23.6 Å². The second-order valence-electron chi connectivity index (χ2n) is 8.06. The first-order chi connectivity index (χ1) is 15.8. The number of pyridine rings is 1. The van der Waals surface area contributed by atoms with Gasteiger partial charge in [0.25, 0.3) is 5.56 Å². The molecule has 0 radical (unpaired) electrons. The Labute approximate surface area is 198 Å². The summed E-state index contributed by atoms with van der Waals surface area (Å²) in [4.78, 5) is 16.2. The highest BCUT2D eigenvalue weighted by Gasteiger charge is 2.26. The number of benzene rings is 1. The van der Waals surface area contributed by atoms with Gasteiger partial charge in [-0.15, -0.1) is 11.3 Å². The Morgan fingerprint density at radius 2 is 1.73 bits per heavy atom. The number of piperazine rings is 1. The molecule has 2 aromatic heterocycles. The van der Waals surface area contributed by atoms with Crippen molar-refractivity contribution in [2.75, 3.05) is 46.2 Å². The van der Waals surface area contributed by atoms with Crippen LogP contribution in [0.25, 0.3) is 21.2 Å². The van der Waals surface area contributed by atoms with Gasteiger partial charge in [-0.25, -0.2) is 8.42 Å². The van der Waals surface area contributed by atoms with Crippen LogP contribution < -0.4 is 15.0 Å². The summed E-state index contributed by atoms with van der Waals surface area (Å²) >= 11 is 1.61. The molecule has 1 aliphatic heterocycles. The first-order valence-electron chi connectivity index (χ1n) is 10.8. The SMILES string of the molecule is CCS(=O)(=O)N1CCN(Cc2cc3c(=O)n(C)cc(-c4ccc(OC)c(OC)c4)c3s2)CC1. The smallest absolute Gasteiger partial charge is 0.259 e. The van der Waals surface area contributed by atoms with Crippen LogP contribution in [0.4, 0.5) is 0 Å². The highest BCUT2D eigenvalue weighted by molar-refractivity contribution is 7.89. The van der Waals surface area contributed by atoms with Crippen molar-refractivity contribution < 1.29 is 17.9 Å². The van der Waals surface area contributed by atoms with E-state index >= 15 is 0 Å². The third kappa shape index (κ3) is 4.65. The van der Waals surface area contributed by atoms with Crippen molar-refractivity contribution in [2.45, 2.75) is 13.5 Å². The fourth-order valence-electron chi connectivity index (χ4n) is 4.16. The van der Waals surface area contributed by atoms with Gasteiger partial charge in [-0.05, 0) is 30.7 Å². The van der Waals surface area contributed by atoms with Gasteiger partial charge in [-0.2, -0.15) is 4.31 Å². The van der Waals surface area contributed by atoms with Crippen LogP contribution in [-0.4, -0.2) is 68.3 Å². The Morgan fingerprint density at radius 1 is 1.03 bits per heavy atom. The summed E-state index contributed by atoms with van der Waals surface area (Å²) in [6.07, 6.45) is 1.86. The molecule has 0 amide bonds. The first-order valence-corrected chi connectivity index (χ1v) is 13.2. The van der Waals surface area contributed by atoms with Gasteiger partial charge in [0.2, 0.25) is 10.0 Å². The number of thiophene rings is 1. The maximum absolute atomic E-state index is 12.9. The van der Waals surface area contributed by atoms with Gasteiger partial charge in [-0.3, -0.25) is 9.69 Å².